The van der Waals surface area contributed by atoms with Crippen molar-refractivity contribution in [3.05, 3.63) is 0 Å². The van der Waals surface area contributed by atoms with Crippen molar-refractivity contribution in [1.29, 1.82) is 0 Å². The standard InChI is InChI=1S/C10H22FN3O2S/c1-2-3-4-10(11)9-13-17(15,16)14-7-5-12-6-8-14/h10,12-13H,2-9H2,1H3. The molecule has 1 atom stereocenters. The summed E-state index contributed by atoms with van der Waals surface area (Å²) in [5, 5.41) is 3.07. The molecular weight excluding hydrogens is 245 g/mol. The molecular formula is C10H22FN3O2S. The zero-order chi connectivity index (χ0) is 12.7. The Kier molecular flexibility index (Phi) is 6.32. The Labute approximate surface area is 103 Å². The SMILES string of the molecule is CCCCC(F)CNS(=O)(=O)N1CCNCC1. The van der Waals surface area contributed by atoms with Gasteiger partial charge in [0.1, 0.15) is 6.17 Å². The van der Waals surface area contributed by atoms with E-state index in [0.717, 1.165) is 12.8 Å². The molecule has 0 radical (unpaired) electrons. The highest BCUT2D eigenvalue weighted by molar-refractivity contribution is 7.87. The number of piperazine rings is 1. The number of nitrogens with one attached hydrogen (secondary N) is 2. The van der Waals surface area contributed by atoms with Gasteiger partial charge in [-0.25, -0.2) is 4.39 Å². The van der Waals surface area contributed by atoms with Gasteiger partial charge in [0.15, 0.2) is 0 Å². The third kappa shape index (κ3) is 5.29. The van der Waals surface area contributed by atoms with Crippen LogP contribution in [0, 0.1) is 0 Å². The van der Waals surface area contributed by atoms with Crippen molar-refractivity contribution in [3.8, 4) is 0 Å². The maximum absolute atomic E-state index is 13.3. The Morgan fingerprint density at radius 2 is 2.06 bits per heavy atom. The average molecular weight is 267 g/mol. The van der Waals surface area contributed by atoms with Crippen LogP contribution in [0.5, 0.6) is 0 Å². The van der Waals surface area contributed by atoms with Gasteiger partial charge in [-0.15, -0.1) is 0 Å². The van der Waals surface area contributed by atoms with E-state index in [-0.39, 0.29) is 6.54 Å². The zero-order valence-corrected chi connectivity index (χ0v) is 11.1. The summed E-state index contributed by atoms with van der Waals surface area (Å²) < 4.78 is 40.6. The zero-order valence-electron chi connectivity index (χ0n) is 10.3. The molecule has 1 aliphatic heterocycles. The van der Waals surface area contributed by atoms with E-state index in [1.54, 1.807) is 0 Å². The van der Waals surface area contributed by atoms with Gasteiger partial charge in [0.2, 0.25) is 0 Å². The highest BCUT2D eigenvalue weighted by atomic mass is 32.2. The van der Waals surface area contributed by atoms with Crippen LogP contribution in [0.25, 0.3) is 0 Å². The summed E-state index contributed by atoms with van der Waals surface area (Å²) in [4.78, 5) is 0. The second-order valence-electron chi connectivity index (χ2n) is 4.24. The summed E-state index contributed by atoms with van der Waals surface area (Å²) in [5.74, 6) is 0. The summed E-state index contributed by atoms with van der Waals surface area (Å²) in [6, 6.07) is 0. The molecule has 0 spiro atoms. The quantitative estimate of drug-likeness (QED) is 0.695. The Balaban J connectivity index is 2.33. The van der Waals surface area contributed by atoms with Crippen LogP contribution >= 0.6 is 0 Å². The maximum Gasteiger partial charge on any atom is 0.279 e. The van der Waals surface area contributed by atoms with E-state index in [2.05, 4.69) is 10.0 Å². The van der Waals surface area contributed by atoms with E-state index in [9.17, 15) is 12.8 Å². The first-order valence-corrected chi connectivity index (χ1v) is 7.60. The fourth-order valence-corrected chi connectivity index (χ4v) is 2.94. The fourth-order valence-electron chi connectivity index (χ4n) is 1.70. The smallest absolute Gasteiger partial charge is 0.279 e. The molecule has 7 heteroatoms. The van der Waals surface area contributed by atoms with Gasteiger partial charge in [-0.05, 0) is 6.42 Å². The first kappa shape index (κ1) is 14.8. The number of rotatable bonds is 7. The van der Waals surface area contributed by atoms with Gasteiger partial charge in [0.05, 0.1) is 0 Å². The van der Waals surface area contributed by atoms with Gasteiger partial charge in [0, 0.05) is 32.7 Å². The molecule has 1 unspecified atom stereocenters. The normalized spacial score (nSPS) is 20.4. The molecule has 102 valence electrons. The van der Waals surface area contributed by atoms with E-state index in [4.69, 9.17) is 0 Å². The molecule has 0 aromatic carbocycles. The molecule has 5 nitrogen and oxygen atoms in total. The predicted octanol–water partition coefficient (Wildman–Crippen LogP) is 0.254. The highest BCUT2D eigenvalue weighted by Crippen LogP contribution is 2.05. The second-order valence-corrected chi connectivity index (χ2v) is 6.00. The van der Waals surface area contributed by atoms with Crippen LogP contribution in [0.2, 0.25) is 0 Å². The van der Waals surface area contributed by atoms with Crippen molar-refractivity contribution in [2.75, 3.05) is 32.7 Å². The molecule has 0 aliphatic carbocycles. The monoisotopic (exact) mass is 267 g/mol. The van der Waals surface area contributed by atoms with Crippen molar-refractivity contribution in [3.63, 3.8) is 0 Å². The van der Waals surface area contributed by atoms with Crippen molar-refractivity contribution in [1.82, 2.24) is 14.3 Å². The summed E-state index contributed by atoms with van der Waals surface area (Å²) >= 11 is 0. The van der Waals surface area contributed by atoms with Crippen LogP contribution in [0.4, 0.5) is 4.39 Å². The number of halogens is 1. The largest absolute Gasteiger partial charge is 0.314 e. The summed E-state index contributed by atoms with van der Waals surface area (Å²) in [6.45, 7) is 4.05. The fraction of sp³-hybridized carbons (Fsp3) is 1.00. The number of alkyl halides is 1. The molecule has 0 aromatic rings. The highest BCUT2D eigenvalue weighted by Gasteiger charge is 2.24. The lowest BCUT2D eigenvalue weighted by Gasteiger charge is -2.26. The minimum Gasteiger partial charge on any atom is -0.314 e. The third-order valence-electron chi connectivity index (χ3n) is 2.77. The third-order valence-corrected chi connectivity index (χ3v) is 4.35. The van der Waals surface area contributed by atoms with Crippen LogP contribution in [0.15, 0.2) is 0 Å². The van der Waals surface area contributed by atoms with Gasteiger partial charge in [0.25, 0.3) is 10.2 Å². The lowest BCUT2D eigenvalue weighted by atomic mass is 10.2. The Hall–Kier alpha value is -0.240. The minimum absolute atomic E-state index is 0.119. The molecule has 1 heterocycles. The van der Waals surface area contributed by atoms with Crippen molar-refractivity contribution in [2.24, 2.45) is 0 Å². The molecule has 0 aromatic heterocycles. The van der Waals surface area contributed by atoms with Gasteiger partial charge < -0.3 is 5.32 Å². The van der Waals surface area contributed by atoms with Crippen molar-refractivity contribution in [2.45, 2.75) is 32.4 Å². The molecule has 1 fully saturated rings. The van der Waals surface area contributed by atoms with E-state index < -0.39 is 16.4 Å². The van der Waals surface area contributed by atoms with Crippen LogP contribution < -0.4 is 10.0 Å². The van der Waals surface area contributed by atoms with E-state index in [1.165, 1.54) is 4.31 Å². The molecule has 0 amide bonds. The number of hydrogen-bond donors (Lipinski definition) is 2. The van der Waals surface area contributed by atoms with Crippen molar-refractivity contribution < 1.29 is 12.8 Å². The Bertz CT molecular complexity index is 305. The number of unbranched alkanes of at least 4 members (excludes halogenated alkanes) is 1. The van der Waals surface area contributed by atoms with Crippen LogP contribution in [-0.4, -0.2) is 51.6 Å². The maximum atomic E-state index is 13.3. The van der Waals surface area contributed by atoms with Crippen LogP contribution in [-0.2, 0) is 10.2 Å². The Morgan fingerprint density at radius 1 is 1.41 bits per heavy atom. The van der Waals surface area contributed by atoms with Crippen LogP contribution in [0.3, 0.4) is 0 Å². The van der Waals surface area contributed by atoms with E-state index in [0.29, 0.717) is 32.6 Å². The predicted molar refractivity (Wildman–Crippen MR) is 65.8 cm³/mol. The van der Waals surface area contributed by atoms with E-state index in [1.807, 2.05) is 6.92 Å². The number of nitrogens with zero attached hydrogens (tertiary/aromatic N) is 1. The summed E-state index contributed by atoms with van der Waals surface area (Å²) in [6.07, 6.45) is 1.04. The molecule has 0 bridgehead atoms. The second kappa shape index (κ2) is 7.25. The van der Waals surface area contributed by atoms with Crippen LogP contribution in [0.1, 0.15) is 26.2 Å². The molecule has 1 saturated heterocycles. The molecule has 0 saturated carbocycles. The van der Waals surface area contributed by atoms with Crippen molar-refractivity contribution >= 4 is 10.2 Å². The average Bonchev–Trinajstić information content (AvgIpc) is 2.35. The molecule has 17 heavy (non-hydrogen) atoms. The van der Waals surface area contributed by atoms with E-state index >= 15 is 0 Å². The lowest BCUT2D eigenvalue weighted by molar-refractivity contribution is 0.300. The van der Waals surface area contributed by atoms with Gasteiger partial charge >= 0.3 is 0 Å². The summed E-state index contributed by atoms with van der Waals surface area (Å²) in [5.41, 5.74) is 0. The first-order valence-electron chi connectivity index (χ1n) is 6.15. The first-order chi connectivity index (χ1) is 8.06. The molecule has 2 N–H and O–H groups in total. The summed E-state index contributed by atoms with van der Waals surface area (Å²) in [7, 11) is -3.50. The topological polar surface area (TPSA) is 61.4 Å². The van der Waals surface area contributed by atoms with Gasteiger partial charge in [-0.3, -0.25) is 0 Å². The molecule has 1 aliphatic rings. The van der Waals surface area contributed by atoms with Gasteiger partial charge in [-0.2, -0.15) is 17.4 Å². The minimum atomic E-state index is -3.50. The van der Waals surface area contributed by atoms with Gasteiger partial charge in [-0.1, -0.05) is 19.8 Å². The number of hydrogen-bond acceptors (Lipinski definition) is 3. The Morgan fingerprint density at radius 3 is 2.65 bits per heavy atom. The molecule has 1 rings (SSSR count). The lowest BCUT2D eigenvalue weighted by Crippen LogP contribution is -2.51.